The van der Waals surface area contributed by atoms with Crippen LogP contribution in [-0.2, 0) is 9.63 Å². The molecule has 0 amide bonds. The van der Waals surface area contributed by atoms with Gasteiger partial charge in [-0.2, -0.15) is 0 Å². The molecule has 1 heterocycles. The van der Waals surface area contributed by atoms with Crippen LogP contribution in [0.2, 0.25) is 0 Å². The van der Waals surface area contributed by atoms with Gasteiger partial charge in [0.2, 0.25) is 0 Å². The first-order chi connectivity index (χ1) is 5.75. The first-order valence-electron chi connectivity index (χ1n) is 2.92. The molecule has 0 aliphatic heterocycles. The average molecular weight is 188 g/mol. The Bertz CT molecular complexity index is 295. The highest BCUT2D eigenvalue weighted by Gasteiger charge is 2.21. The van der Waals surface area contributed by atoms with Crippen LogP contribution in [0.3, 0.4) is 0 Å². The molecule has 0 saturated heterocycles. The minimum atomic E-state index is -1.16. The summed E-state index contributed by atoms with van der Waals surface area (Å²) < 4.78 is 3.62. The van der Waals surface area contributed by atoms with Gasteiger partial charge in [-0.1, -0.05) is 10.3 Å². The second kappa shape index (κ2) is 3.77. The van der Waals surface area contributed by atoms with E-state index in [-0.39, 0.29) is 5.71 Å². The van der Waals surface area contributed by atoms with Crippen LogP contribution < -0.4 is 5.10 Å². The first kappa shape index (κ1) is 8.60. The van der Waals surface area contributed by atoms with E-state index in [1.54, 1.807) is 0 Å². The smallest absolute Gasteiger partial charge is 0.365 e. The number of H-pyrrole nitrogens is 1. The summed E-state index contributed by atoms with van der Waals surface area (Å²) in [6, 6.07) is 0. The molecule has 0 saturated carbocycles. The van der Waals surface area contributed by atoms with Gasteiger partial charge in [-0.25, -0.2) is 4.79 Å². The predicted molar refractivity (Wildman–Crippen MR) is 39.9 cm³/mol. The monoisotopic (exact) mass is 188 g/mol. The van der Waals surface area contributed by atoms with Crippen molar-refractivity contribution in [1.29, 1.82) is 0 Å². The zero-order valence-electron chi connectivity index (χ0n) is 6.14. The van der Waals surface area contributed by atoms with Gasteiger partial charge in [-0.3, -0.25) is 0 Å². The standard InChI is InChI=1S/C5H5N3O3S/c1-11-7-4(5(9)10)3-2-12-8-6-3/h2H,1H3,(H,9,10)/p+1. The molecular weight excluding hydrogens is 182 g/mol. The lowest BCUT2D eigenvalue weighted by molar-refractivity contribution is -0.445. The van der Waals surface area contributed by atoms with Gasteiger partial charge in [0, 0.05) is 11.5 Å². The molecule has 0 aliphatic carbocycles. The van der Waals surface area contributed by atoms with E-state index in [0.29, 0.717) is 5.69 Å². The van der Waals surface area contributed by atoms with Crippen molar-refractivity contribution in [3.8, 4) is 0 Å². The third-order valence-corrected chi connectivity index (χ3v) is 1.57. The van der Waals surface area contributed by atoms with Crippen LogP contribution >= 0.6 is 11.5 Å². The molecule has 0 aliphatic rings. The lowest BCUT2D eigenvalue weighted by Gasteiger charge is -1.89. The summed E-state index contributed by atoms with van der Waals surface area (Å²) in [6.45, 7) is 0. The van der Waals surface area contributed by atoms with Crippen molar-refractivity contribution < 1.29 is 19.8 Å². The second-order valence-electron chi connectivity index (χ2n) is 1.77. The Morgan fingerprint density at radius 1 is 1.92 bits per heavy atom. The van der Waals surface area contributed by atoms with Gasteiger partial charge < -0.3 is 9.94 Å². The van der Waals surface area contributed by atoms with E-state index < -0.39 is 5.97 Å². The van der Waals surface area contributed by atoms with Crippen molar-refractivity contribution in [2.24, 2.45) is 5.16 Å². The number of aliphatic carboxylic acids is 1. The summed E-state index contributed by atoms with van der Waals surface area (Å²) in [5.74, 6) is -1.16. The molecule has 1 aromatic heterocycles. The van der Waals surface area contributed by atoms with Crippen molar-refractivity contribution in [3.63, 3.8) is 0 Å². The Morgan fingerprint density at radius 2 is 2.67 bits per heavy atom. The van der Waals surface area contributed by atoms with Crippen LogP contribution in [0.1, 0.15) is 5.69 Å². The number of hydrogen-bond acceptors (Lipinski definition) is 5. The van der Waals surface area contributed by atoms with Crippen molar-refractivity contribution in [1.82, 2.24) is 4.49 Å². The number of aromatic nitrogens is 2. The van der Waals surface area contributed by atoms with Crippen molar-refractivity contribution in [2.75, 3.05) is 7.11 Å². The van der Waals surface area contributed by atoms with Crippen LogP contribution in [0.4, 0.5) is 0 Å². The highest BCUT2D eigenvalue weighted by molar-refractivity contribution is 7.03. The number of nitrogens with zero attached hydrogens (tertiary/aromatic N) is 2. The van der Waals surface area contributed by atoms with Gasteiger partial charge >= 0.3 is 5.97 Å². The maximum Gasteiger partial charge on any atom is 0.365 e. The van der Waals surface area contributed by atoms with Crippen molar-refractivity contribution >= 4 is 23.2 Å². The number of carbonyl (C=O) groups is 1. The highest BCUT2D eigenvalue weighted by Crippen LogP contribution is 1.96. The van der Waals surface area contributed by atoms with E-state index in [2.05, 4.69) is 19.6 Å². The summed E-state index contributed by atoms with van der Waals surface area (Å²) >= 11 is 1.11. The Labute approximate surface area is 71.6 Å². The second-order valence-corrected chi connectivity index (χ2v) is 2.40. The SMILES string of the molecule is CON=C(C(=O)O)c1csn[nH+]1. The van der Waals surface area contributed by atoms with Gasteiger partial charge in [-0.15, -0.1) is 0 Å². The summed E-state index contributed by atoms with van der Waals surface area (Å²) in [5, 5.41) is 16.0. The lowest BCUT2D eigenvalue weighted by atomic mass is 10.3. The van der Waals surface area contributed by atoms with Crippen LogP contribution in [-0.4, -0.2) is 28.4 Å². The summed E-state index contributed by atoms with van der Waals surface area (Å²) in [4.78, 5) is 14.9. The molecule has 7 heteroatoms. The van der Waals surface area contributed by atoms with Crippen LogP contribution in [0.5, 0.6) is 0 Å². The topological polar surface area (TPSA) is 85.9 Å². The Balaban J connectivity index is 2.96. The number of oxime groups is 1. The molecule has 12 heavy (non-hydrogen) atoms. The first-order valence-corrected chi connectivity index (χ1v) is 3.76. The van der Waals surface area contributed by atoms with E-state index in [4.69, 9.17) is 5.11 Å². The summed E-state index contributed by atoms with van der Waals surface area (Å²) in [6.07, 6.45) is 0. The quantitative estimate of drug-likeness (QED) is 0.506. The molecule has 1 rings (SSSR count). The van der Waals surface area contributed by atoms with Crippen LogP contribution in [0.15, 0.2) is 10.5 Å². The third-order valence-electron chi connectivity index (χ3n) is 1.03. The number of carboxylic acid groups (broad SMARTS) is 1. The van der Waals surface area contributed by atoms with Crippen LogP contribution in [0.25, 0.3) is 0 Å². The fourth-order valence-corrected chi connectivity index (χ4v) is 1.06. The zero-order chi connectivity index (χ0) is 8.97. The van der Waals surface area contributed by atoms with Crippen molar-refractivity contribution in [2.45, 2.75) is 0 Å². The summed E-state index contributed by atoms with van der Waals surface area (Å²) in [7, 11) is 1.28. The molecule has 64 valence electrons. The molecule has 0 unspecified atom stereocenters. The maximum atomic E-state index is 10.5. The molecule has 0 atom stereocenters. The molecule has 0 radical (unpaired) electrons. The fraction of sp³-hybridized carbons (Fsp3) is 0.200. The maximum absolute atomic E-state index is 10.5. The van der Waals surface area contributed by atoms with Gasteiger partial charge in [0.15, 0.2) is 0 Å². The van der Waals surface area contributed by atoms with E-state index in [1.807, 2.05) is 0 Å². The van der Waals surface area contributed by atoms with Gasteiger partial charge in [-0.05, 0) is 0 Å². The molecule has 2 N–H and O–H groups in total. The van der Waals surface area contributed by atoms with E-state index in [9.17, 15) is 4.79 Å². The molecular formula is C5H6N3O3S+. The number of nitrogens with one attached hydrogen (secondary N) is 1. The van der Waals surface area contributed by atoms with Crippen LogP contribution in [0, 0.1) is 0 Å². The molecule has 0 spiro atoms. The lowest BCUT2D eigenvalue weighted by Crippen LogP contribution is -2.23. The largest absolute Gasteiger partial charge is 0.476 e. The number of carboxylic acids is 1. The predicted octanol–water partition coefficient (Wildman–Crippen LogP) is -0.608. The molecule has 6 nitrogen and oxygen atoms in total. The molecule has 0 bridgehead atoms. The van der Waals surface area contributed by atoms with Crippen molar-refractivity contribution in [3.05, 3.63) is 11.1 Å². The molecule has 0 fully saturated rings. The minimum Gasteiger partial charge on any atom is -0.476 e. The van der Waals surface area contributed by atoms with Gasteiger partial charge in [0.05, 0.1) is 9.87 Å². The normalized spacial score (nSPS) is 11.2. The fourth-order valence-electron chi connectivity index (χ4n) is 0.584. The molecule has 1 aromatic rings. The number of hydrogen-bond donors (Lipinski definition) is 1. The minimum absolute atomic E-state index is 0.189. The Kier molecular flexibility index (Phi) is 2.70. The third kappa shape index (κ3) is 1.76. The molecule has 0 aromatic carbocycles. The summed E-state index contributed by atoms with van der Waals surface area (Å²) in [5.41, 5.74) is 0.139. The van der Waals surface area contributed by atoms with E-state index in [0.717, 1.165) is 11.5 Å². The Morgan fingerprint density at radius 3 is 3.08 bits per heavy atom. The number of aromatic amines is 1. The van der Waals surface area contributed by atoms with E-state index >= 15 is 0 Å². The zero-order valence-corrected chi connectivity index (χ0v) is 6.96. The number of rotatable bonds is 3. The highest BCUT2D eigenvalue weighted by atomic mass is 32.1. The average Bonchev–Trinajstić information content (AvgIpc) is 2.51. The van der Waals surface area contributed by atoms with Gasteiger partial charge in [0.1, 0.15) is 7.11 Å². The van der Waals surface area contributed by atoms with Gasteiger partial charge in [0.25, 0.3) is 11.4 Å². The Hall–Kier alpha value is -1.50. The van der Waals surface area contributed by atoms with E-state index in [1.165, 1.54) is 12.5 Å².